The summed E-state index contributed by atoms with van der Waals surface area (Å²) in [6.07, 6.45) is 5.55. The van der Waals surface area contributed by atoms with E-state index in [-0.39, 0.29) is 17.3 Å². The van der Waals surface area contributed by atoms with E-state index in [0.29, 0.717) is 24.7 Å². The van der Waals surface area contributed by atoms with Crippen LogP contribution in [0.5, 0.6) is 5.75 Å². The Kier molecular flexibility index (Phi) is 5.13. The molecule has 0 unspecified atom stereocenters. The summed E-state index contributed by atoms with van der Waals surface area (Å²) in [7, 11) is 0. The molecule has 3 heterocycles. The van der Waals surface area contributed by atoms with Crippen molar-refractivity contribution in [3.8, 4) is 5.75 Å². The van der Waals surface area contributed by atoms with Gasteiger partial charge in [-0.25, -0.2) is 4.79 Å². The van der Waals surface area contributed by atoms with Crippen molar-refractivity contribution in [2.75, 3.05) is 18.4 Å². The Hall–Kier alpha value is -3.72. The molecule has 9 heteroatoms. The number of benzene rings is 1. The van der Waals surface area contributed by atoms with Crippen molar-refractivity contribution in [3.63, 3.8) is 0 Å². The second kappa shape index (κ2) is 8.00. The third-order valence-electron chi connectivity index (χ3n) is 6.30. The van der Waals surface area contributed by atoms with E-state index in [1.807, 2.05) is 26.0 Å². The maximum atomic E-state index is 12.9. The summed E-state index contributed by atoms with van der Waals surface area (Å²) in [6, 6.07) is 6.88. The van der Waals surface area contributed by atoms with Gasteiger partial charge in [-0.15, -0.1) is 0 Å². The Bertz CT molecular complexity index is 1330. The molecule has 3 N–H and O–H groups in total. The first-order chi connectivity index (χ1) is 15.9. The summed E-state index contributed by atoms with van der Waals surface area (Å²) >= 11 is 0. The molecule has 0 bridgehead atoms. The molecule has 0 spiro atoms. The lowest BCUT2D eigenvalue weighted by atomic mass is 10.0. The van der Waals surface area contributed by atoms with Crippen molar-refractivity contribution < 1.29 is 14.1 Å². The average Bonchev–Trinajstić information content (AvgIpc) is 3.15. The minimum atomic E-state index is -0.320. The second-order valence-electron chi connectivity index (χ2n) is 8.73. The van der Waals surface area contributed by atoms with Crippen LogP contribution in [0.4, 0.5) is 10.6 Å². The first kappa shape index (κ1) is 21.1. The topological polar surface area (TPSA) is 118 Å². The van der Waals surface area contributed by atoms with Gasteiger partial charge in [0.05, 0.1) is 16.8 Å². The smallest absolute Gasteiger partial charge is 0.331 e. The number of aliphatic imine (C=N–C) groups is 1. The van der Waals surface area contributed by atoms with Crippen LogP contribution in [0, 0.1) is 12.3 Å². The lowest BCUT2D eigenvalue weighted by molar-refractivity contribution is 0.254. The van der Waals surface area contributed by atoms with Crippen LogP contribution < -0.4 is 15.4 Å². The number of nitrogens with one attached hydrogen (secondary N) is 3. The molecular weight excluding hydrogens is 420 g/mol. The first-order valence-corrected chi connectivity index (χ1v) is 11.0. The number of ether oxygens (including phenoxy) is 1. The van der Waals surface area contributed by atoms with Crippen LogP contribution in [0.1, 0.15) is 38.0 Å². The molecule has 1 saturated carbocycles. The normalized spacial score (nSPS) is 17.2. The van der Waals surface area contributed by atoms with Crippen molar-refractivity contribution in [1.29, 1.82) is 5.41 Å². The van der Waals surface area contributed by atoms with E-state index < -0.39 is 0 Å². The van der Waals surface area contributed by atoms with Crippen LogP contribution in [0.25, 0.3) is 10.9 Å². The van der Waals surface area contributed by atoms with Gasteiger partial charge in [0.1, 0.15) is 11.5 Å². The summed E-state index contributed by atoms with van der Waals surface area (Å²) < 4.78 is 12.8. The third-order valence-corrected chi connectivity index (χ3v) is 6.30. The minimum absolute atomic E-state index is 0.0403. The Labute approximate surface area is 191 Å². The minimum Gasteiger partial charge on any atom is -0.439 e. The fraction of sp³-hybridized carbons (Fsp3) is 0.333. The van der Waals surface area contributed by atoms with Gasteiger partial charge in [-0.05, 0) is 51.0 Å². The van der Waals surface area contributed by atoms with Gasteiger partial charge in [0, 0.05) is 41.9 Å². The highest BCUT2D eigenvalue weighted by Gasteiger charge is 2.44. The molecule has 0 radical (unpaired) electrons. The van der Waals surface area contributed by atoms with Gasteiger partial charge in [0.15, 0.2) is 5.82 Å². The highest BCUT2D eigenvalue weighted by atomic mass is 16.5. The lowest BCUT2D eigenvalue weighted by Crippen LogP contribution is -2.19. The van der Waals surface area contributed by atoms with Crippen LogP contribution in [0.2, 0.25) is 0 Å². The van der Waals surface area contributed by atoms with Gasteiger partial charge in [-0.2, -0.15) is 0 Å². The summed E-state index contributed by atoms with van der Waals surface area (Å²) in [6.45, 7) is 7.07. The number of hydrogen-bond donors (Lipinski definition) is 3. The zero-order chi connectivity index (χ0) is 23.2. The van der Waals surface area contributed by atoms with E-state index in [0.717, 1.165) is 46.3 Å². The van der Waals surface area contributed by atoms with Crippen LogP contribution in [-0.4, -0.2) is 41.0 Å². The molecule has 1 fully saturated rings. The highest BCUT2D eigenvalue weighted by Crippen LogP contribution is 2.49. The molecule has 0 saturated heterocycles. The van der Waals surface area contributed by atoms with Crippen molar-refractivity contribution in [2.24, 2.45) is 4.99 Å². The molecule has 2 aliphatic rings. The molecule has 5 rings (SSSR count). The Balaban J connectivity index is 1.33. The van der Waals surface area contributed by atoms with Crippen LogP contribution in [-0.2, 0) is 5.41 Å². The first-order valence-electron chi connectivity index (χ1n) is 11.0. The van der Waals surface area contributed by atoms with Gasteiger partial charge in [-0.1, -0.05) is 12.1 Å². The number of anilines is 1. The van der Waals surface area contributed by atoms with E-state index >= 15 is 0 Å². The molecule has 2 aromatic heterocycles. The molecule has 0 atom stereocenters. The van der Waals surface area contributed by atoms with Crippen molar-refractivity contribution in [1.82, 2.24) is 15.0 Å². The maximum Gasteiger partial charge on any atom is 0.331 e. The molecule has 3 aromatic rings. The fourth-order valence-corrected chi connectivity index (χ4v) is 4.14. The number of carbonyl (C=O) groups is 1. The van der Waals surface area contributed by atoms with Crippen LogP contribution in [0.15, 0.2) is 51.2 Å². The van der Waals surface area contributed by atoms with Crippen molar-refractivity contribution >= 4 is 34.9 Å². The Morgan fingerprint density at radius 2 is 2.18 bits per heavy atom. The van der Waals surface area contributed by atoms with Crippen LogP contribution >= 0.6 is 0 Å². The van der Waals surface area contributed by atoms with E-state index in [9.17, 15) is 4.79 Å². The van der Waals surface area contributed by atoms with Crippen molar-refractivity contribution in [2.45, 2.75) is 39.0 Å². The number of hydrogen-bond acceptors (Lipinski definition) is 7. The molecular formula is C24H26N6O3. The summed E-state index contributed by atoms with van der Waals surface area (Å²) in [5.74, 6) is 1.89. The zero-order valence-corrected chi connectivity index (χ0v) is 18.9. The Morgan fingerprint density at radius 1 is 1.36 bits per heavy atom. The van der Waals surface area contributed by atoms with E-state index in [1.165, 1.54) is 4.57 Å². The second-order valence-corrected chi connectivity index (χ2v) is 8.73. The largest absolute Gasteiger partial charge is 0.439 e. The van der Waals surface area contributed by atoms with Crippen molar-refractivity contribution in [3.05, 3.63) is 53.1 Å². The monoisotopic (exact) mass is 446 g/mol. The predicted octanol–water partition coefficient (Wildman–Crippen LogP) is 4.37. The molecule has 1 aliphatic heterocycles. The molecule has 1 aliphatic carbocycles. The standard InChI is InChI=1S/C24H26N6O3/c1-4-27-18-13-26-12-17(18)21(25)32-16-5-6-19-15(11-16)7-10-30(19)23(31)28-22-14(2)20(33-29-22)24(3)8-9-24/h4-7,10-11,25-26H,8-9,12-13H2,1-3H3,(H,28,29,31). The maximum absolute atomic E-state index is 12.9. The molecule has 170 valence electrons. The van der Waals surface area contributed by atoms with Gasteiger partial charge >= 0.3 is 6.03 Å². The van der Waals surface area contributed by atoms with Gasteiger partial charge < -0.3 is 14.6 Å². The van der Waals surface area contributed by atoms with E-state index in [4.69, 9.17) is 14.7 Å². The van der Waals surface area contributed by atoms with Crippen LogP contribution in [0.3, 0.4) is 0 Å². The number of amides is 1. The van der Waals surface area contributed by atoms with Gasteiger partial charge in [0.25, 0.3) is 0 Å². The summed E-state index contributed by atoms with van der Waals surface area (Å²) in [5, 5.41) is 19.3. The molecule has 1 amide bonds. The zero-order valence-electron chi connectivity index (χ0n) is 18.9. The number of nitrogens with zero attached hydrogens (tertiary/aromatic N) is 3. The number of rotatable bonds is 5. The lowest BCUT2D eigenvalue weighted by Gasteiger charge is -2.09. The van der Waals surface area contributed by atoms with Gasteiger partial charge in [0.2, 0.25) is 5.90 Å². The Morgan fingerprint density at radius 3 is 2.94 bits per heavy atom. The average molecular weight is 447 g/mol. The molecule has 9 nitrogen and oxygen atoms in total. The van der Waals surface area contributed by atoms with Gasteiger partial charge in [-0.3, -0.25) is 20.3 Å². The highest BCUT2D eigenvalue weighted by molar-refractivity contribution is 5.99. The molecule has 33 heavy (non-hydrogen) atoms. The third kappa shape index (κ3) is 3.84. The number of fused-ring (bicyclic) bond motifs is 1. The van der Waals surface area contributed by atoms with E-state index in [2.05, 4.69) is 27.7 Å². The summed E-state index contributed by atoms with van der Waals surface area (Å²) in [5.41, 5.74) is 3.19. The predicted molar refractivity (Wildman–Crippen MR) is 127 cm³/mol. The number of aromatic nitrogens is 2. The summed E-state index contributed by atoms with van der Waals surface area (Å²) in [4.78, 5) is 17.2. The quantitative estimate of drug-likeness (QED) is 0.397. The molecule has 1 aromatic carbocycles. The SMILES string of the molecule is CC=NC1=C(C(=N)Oc2ccc3c(ccn3C(=O)Nc3noc(C4(C)CC4)c3C)c2)CNC1. The fourth-order valence-electron chi connectivity index (χ4n) is 4.14. The van der Waals surface area contributed by atoms with E-state index in [1.54, 1.807) is 24.5 Å². The number of carbonyl (C=O) groups excluding carboxylic acids is 1.